The van der Waals surface area contributed by atoms with Crippen molar-refractivity contribution < 1.29 is 14.3 Å². The monoisotopic (exact) mass is 437 g/mol. The van der Waals surface area contributed by atoms with Gasteiger partial charge in [-0.15, -0.1) is 0 Å². The fourth-order valence-corrected chi connectivity index (χ4v) is 3.86. The number of carbonyl (C=O) groups is 1. The minimum atomic E-state index is -0.960. The fraction of sp³-hybridized carbons (Fsp3) is 0.148. The van der Waals surface area contributed by atoms with Crippen LogP contribution in [0.15, 0.2) is 95.8 Å². The number of fused-ring (bicyclic) bond motifs is 2. The molecule has 33 heavy (non-hydrogen) atoms. The van der Waals surface area contributed by atoms with Gasteiger partial charge in [-0.1, -0.05) is 55.5 Å². The number of pyridine rings is 1. The second kappa shape index (κ2) is 9.12. The van der Waals surface area contributed by atoms with Crippen molar-refractivity contribution in [2.24, 2.45) is 4.99 Å². The molecule has 1 aromatic heterocycles. The summed E-state index contributed by atoms with van der Waals surface area (Å²) in [5.41, 5.74) is 3.98. The lowest BCUT2D eigenvalue weighted by Crippen LogP contribution is -2.37. The molecular formula is C27H23N3O3. The number of aliphatic imine (C=N–C) groups is 1. The van der Waals surface area contributed by atoms with Crippen LogP contribution < -0.4 is 4.90 Å². The molecule has 1 atom stereocenters. The van der Waals surface area contributed by atoms with E-state index in [9.17, 15) is 4.79 Å². The summed E-state index contributed by atoms with van der Waals surface area (Å²) in [6, 6.07) is 21.3. The van der Waals surface area contributed by atoms with E-state index in [-0.39, 0.29) is 0 Å². The Bertz CT molecular complexity index is 1210. The molecule has 0 radical (unpaired) electrons. The largest absolute Gasteiger partial charge is 0.472 e. The molecule has 2 aliphatic heterocycles. The average molecular weight is 437 g/mol. The Kier molecular flexibility index (Phi) is 5.72. The molecule has 3 heterocycles. The van der Waals surface area contributed by atoms with E-state index in [0.717, 1.165) is 23.2 Å². The Morgan fingerprint density at radius 1 is 1.03 bits per heavy atom. The summed E-state index contributed by atoms with van der Waals surface area (Å²) in [7, 11) is 0. The van der Waals surface area contributed by atoms with Crippen LogP contribution in [0.2, 0.25) is 0 Å². The molecule has 0 spiro atoms. The van der Waals surface area contributed by atoms with Gasteiger partial charge in [0, 0.05) is 23.5 Å². The van der Waals surface area contributed by atoms with Crippen molar-refractivity contribution in [1.29, 1.82) is 0 Å². The van der Waals surface area contributed by atoms with Crippen LogP contribution in [0.3, 0.4) is 0 Å². The molecule has 6 heteroatoms. The summed E-state index contributed by atoms with van der Waals surface area (Å²) < 4.78 is 11.8. The van der Waals surface area contributed by atoms with Crippen molar-refractivity contribution in [3.63, 3.8) is 0 Å². The van der Waals surface area contributed by atoms with E-state index >= 15 is 0 Å². The first kappa shape index (κ1) is 20.7. The van der Waals surface area contributed by atoms with E-state index in [1.807, 2.05) is 96.9 Å². The number of hydrogen-bond donors (Lipinski definition) is 0. The van der Waals surface area contributed by atoms with Crippen molar-refractivity contribution in [1.82, 2.24) is 4.98 Å². The molecule has 0 saturated carbocycles. The molecule has 0 bridgehead atoms. The number of aromatic nitrogens is 1. The van der Waals surface area contributed by atoms with Crippen LogP contribution in [0.25, 0.3) is 5.76 Å². The van der Waals surface area contributed by atoms with Gasteiger partial charge in [-0.05, 0) is 36.8 Å². The lowest BCUT2D eigenvalue weighted by molar-refractivity contribution is -0.151. The van der Waals surface area contributed by atoms with Gasteiger partial charge in [0.25, 0.3) is 0 Å². The maximum atomic E-state index is 13.2. The zero-order valence-electron chi connectivity index (χ0n) is 18.2. The number of carbonyl (C=O) groups excluding carboxylic acids is 1. The molecule has 2 aliphatic rings. The first-order chi connectivity index (χ1) is 16.3. The van der Waals surface area contributed by atoms with Gasteiger partial charge in [-0.3, -0.25) is 9.89 Å². The molecule has 0 fully saturated rings. The maximum absolute atomic E-state index is 13.2. The minimum Gasteiger partial charge on any atom is -0.472 e. The SMILES string of the molecule is CCCOC(=O)C1OC(c2ccccc2)=CC=C1N1c2ccccc2C=Nc2cccnc21. The molecule has 2 aromatic carbocycles. The Balaban J connectivity index is 1.66. The first-order valence-corrected chi connectivity index (χ1v) is 10.9. The van der Waals surface area contributed by atoms with E-state index in [2.05, 4.69) is 9.98 Å². The van der Waals surface area contributed by atoms with E-state index in [4.69, 9.17) is 9.47 Å². The van der Waals surface area contributed by atoms with Gasteiger partial charge in [0.05, 0.1) is 18.0 Å². The van der Waals surface area contributed by atoms with E-state index < -0.39 is 12.1 Å². The summed E-state index contributed by atoms with van der Waals surface area (Å²) in [5, 5.41) is 0. The van der Waals surface area contributed by atoms with Gasteiger partial charge in [0.1, 0.15) is 11.4 Å². The number of esters is 1. The van der Waals surface area contributed by atoms with E-state index in [1.165, 1.54) is 0 Å². The van der Waals surface area contributed by atoms with Gasteiger partial charge in [-0.2, -0.15) is 0 Å². The van der Waals surface area contributed by atoms with Gasteiger partial charge in [0.15, 0.2) is 5.82 Å². The Labute approximate surface area is 192 Å². The minimum absolute atomic E-state index is 0.324. The fourth-order valence-electron chi connectivity index (χ4n) is 3.86. The lowest BCUT2D eigenvalue weighted by Gasteiger charge is -2.33. The Morgan fingerprint density at radius 2 is 1.85 bits per heavy atom. The third-order valence-corrected chi connectivity index (χ3v) is 5.40. The van der Waals surface area contributed by atoms with Crippen LogP contribution in [0.5, 0.6) is 0 Å². The summed E-state index contributed by atoms with van der Waals surface area (Å²) in [6.45, 7) is 2.29. The van der Waals surface area contributed by atoms with Crippen molar-refractivity contribution in [2.75, 3.05) is 11.5 Å². The Hall–Kier alpha value is -4.19. The highest BCUT2D eigenvalue weighted by Crippen LogP contribution is 2.42. The molecule has 0 saturated heterocycles. The highest BCUT2D eigenvalue weighted by molar-refractivity contribution is 5.97. The molecule has 0 aliphatic carbocycles. The Morgan fingerprint density at radius 3 is 2.70 bits per heavy atom. The summed E-state index contributed by atoms with van der Waals surface area (Å²) >= 11 is 0. The molecule has 0 N–H and O–H groups in total. The quantitative estimate of drug-likeness (QED) is 0.489. The normalized spacial score (nSPS) is 16.5. The first-order valence-electron chi connectivity index (χ1n) is 10.9. The van der Waals surface area contributed by atoms with Crippen LogP contribution in [0.1, 0.15) is 24.5 Å². The number of rotatable bonds is 5. The topological polar surface area (TPSA) is 64.0 Å². The molecule has 5 rings (SSSR count). The van der Waals surface area contributed by atoms with E-state index in [1.54, 1.807) is 6.20 Å². The highest BCUT2D eigenvalue weighted by atomic mass is 16.6. The maximum Gasteiger partial charge on any atom is 0.353 e. The van der Waals surface area contributed by atoms with Crippen molar-refractivity contribution in [2.45, 2.75) is 19.4 Å². The van der Waals surface area contributed by atoms with Crippen LogP contribution in [0, 0.1) is 0 Å². The third-order valence-electron chi connectivity index (χ3n) is 5.40. The zero-order valence-corrected chi connectivity index (χ0v) is 18.2. The number of benzene rings is 2. The number of para-hydroxylation sites is 1. The zero-order chi connectivity index (χ0) is 22.6. The van der Waals surface area contributed by atoms with Crippen LogP contribution >= 0.6 is 0 Å². The standard InChI is InChI=1S/C27H23N3O3/c1-2-17-32-27(31)25-23(14-15-24(33-25)19-9-4-3-5-10-19)30-22-13-7-6-11-20(22)18-29-21-12-8-16-28-26(21)30/h3-16,18,25H,2,17H2,1H3. The number of ether oxygens (including phenoxy) is 2. The lowest BCUT2D eigenvalue weighted by atomic mass is 10.1. The van der Waals surface area contributed by atoms with Gasteiger partial charge < -0.3 is 9.47 Å². The number of anilines is 2. The summed E-state index contributed by atoms with van der Waals surface area (Å²) in [5.74, 6) is 0.793. The molecule has 6 nitrogen and oxygen atoms in total. The second-order valence-corrected chi connectivity index (χ2v) is 7.65. The van der Waals surface area contributed by atoms with Crippen LogP contribution in [0.4, 0.5) is 17.2 Å². The smallest absolute Gasteiger partial charge is 0.353 e. The van der Waals surface area contributed by atoms with Gasteiger partial charge in [0.2, 0.25) is 6.10 Å². The van der Waals surface area contributed by atoms with Crippen molar-refractivity contribution >= 4 is 35.1 Å². The molecule has 0 amide bonds. The average Bonchev–Trinajstić information content (AvgIpc) is 3.04. The number of hydrogen-bond acceptors (Lipinski definition) is 6. The highest BCUT2D eigenvalue weighted by Gasteiger charge is 2.36. The number of allylic oxidation sites excluding steroid dienone is 2. The summed E-state index contributed by atoms with van der Waals surface area (Å²) in [4.78, 5) is 24.4. The van der Waals surface area contributed by atoms with Crippen LogP contribution in [-0.4, -0.2) is 29.9 Å². The second-order valence-electron chi connectivity index (χ2n) is 7.65. The molecule has 164 valence electrons. The predicted molar refractivity (Wildman–Crippen MR) is 129 cm³/mol. The molecule has 3 aromatic rings. The summed E-state index contributed by atoms with van der Waals surface area (Å²) in [6.07, 6.45) is 7.09. The van der Waals surface area contributed by atoms with Crippen LogP contribution in [-0.2, 0) is 14.3 Å². The predicted octanol–water partition coefficient (Wildman–Crippen LogP) is 5.56. The molecule has 1 unspecified atom stereocenters. The third kappa shape index (κ3) is 4.03. The van der Waals surface area contributed by atoms with Gasteiger partial charge >= 0.3 is 5.97 Å². The van der Waals surface area contributed by atoms with Crippen molar-refractivity contribution in [3.05, 3.63) is 102 Å². The van der Waals surface area contributed by atoms with Gasteiger partial charge in [-0.25, -0.2) is 9.78 Å². The molecular weight excluding hydrogens is 414 g/mol. The number of nitrogens with zero attached hydrogens (tertiary/aromatic N) is 3. The van der Waals surface area contributed by atoms with Crippen molar-refractivity contribution in [3.8, 4) is 0 Å². The van der Waals surface area contributed by atoms with E-state index in [0.29, 0.717) is 29.6 Å².